The highest BCUT2D eigenvalue weighted by Gasteiger charge is 2.52. The molecule has 116 valence electrons. The molecule has 3 rings (SSSR count). The summed E-state index contributed by atoms with van der Waals surface area (Å²) in [5.41, 5.74) is 1.48. The molecule has 3 heterocycles. The van der Waals surface area contributed by atoms with Gasteiger partial charge in [-0.25, -0.2) is 9.67 Å². The SMILES string of the molecule is CCc1cc(-n2cccn2)ncc1B1OC(C)(C)C(C)(C)O1. The fourth-order valence-electron chi connectivity index (χ4n) is 2.51. The van der Waals surface area contributed by atoms with Gasteiger partial charge in [-0.2, -0.15) is 5.10 Å². The van der Waals surface area contributed by atoms with Crippen LogP contribution in [0.25, 0.3) is 5.82 Å². The average molecular weight is 299 g/mol. The summed E-state index contributed by atoms with van der Waals surface area (Å²) >= 11 is 0. The van der Waals surface area contributed by atoms with E-state index in [1.807, 2.05) is 24.5 Å². The Morgan fingerprint density at radius 3 is 2.41 bits per heavy atom. The van der Waals surface area contributed by atoms with E-state index in [1.165, 1.54) is 5.56 Å². The van der Waals surface area contributed by atoms with Gasteiger partial charge in [-0.1, -0.05) is 6.92 Å². The summed E-state index contributed by atoms with van der Waals surface area (Å²) in [5.74, 6) is 0.808. The van der Waals surface area contributed by atoms with Crippen LogP contribution in [0.4, 0.5) is 0 Å². The zero-order valence-corrected chi connectivity index (χ0v) is 13.8. The molecule has 0 N–H and O–H groups in total. The summed E-state index contributed by atoms with van der Waals surface area (Å²) in [5, 5.41) is 4.23. The second-order valence-electron chi connectivity index (χ2n) is 6.63. The summed E-state index contributed by atoms with van der Waals surface area (Å²) < 4.78 is 14.0. The first-order valence-electron chi connectivity index (χ1n) is 7.68. The maximum atomic E-state index is 6.14. The van der Waals surface area contributed by atoms with Crippen LogP contribution in [0, 0.1) is 0 Å². The van der Waals surface area contributed by atoms with Gasteiger partial charge in [0, 0.05) is 24.1 Å². The Kier molecular flexibility index (Phi) is 3.61. The monoisotopic (exact) mass is 299 g/mol. The first-order chi connectivity index (χ1) is 10.3. The molecule has 0 bridgehead atoms. The van der Waals surface area contributed by atoms with Crippen LogP contribution >= 0.6 is 0 Å². The highest BCUT2D eigenvalue weighted by atomic mass is 16.7. The summed E-state index contributed by atoms with van der Waals surface area (Å²) in [6.07, 6.45) is 6.36. The molecule has 0 spiro atoms. The smallest absolute Gasteiger partial charge is 0.399 e. The highest BCUT2D eigenvalue weighted by Crippen LogP contribution is 2.36. The standard InChI is InChI=1S/C16H22BN3O2/c1-6-12-10-14(20-9-7-8-19-20)18-11-13(12)17-21-15(2,3)16(4,5)22-17/h7-11H,6H2,1-5H3. The van der Waals surface area contributed by atoms with E-state index in [4.69, 9.17) is 9.31 Å². The number of nitrogens with zero attached hydrogens (tertiary/aromatic N) is 3. The van der Waals surface area contributed by atoms with Crippen LogP contribution in [-0.4, -0.2) is 33.1 Å². The van der Waals surface area contributed by atoms with E-state index in [9.17, 15) is 0 Å². The van der Waals surface area contributed by atoms with Crippen molar-refractivity contribution in [3.63, 3.8) is 0 Å². The van der Waals surface area contributed by atoms with E-state index >= 15 is 0 Å². The number of rotatable bonds is 3. The number of hydrogen-bond acceptors (Lipinski definition) is 4. The molecule has 22 heavy (non-hydrogen) atoms. The van der Waals surface area contributed by atoms with E-state index in [-0.39, 0.29) is 18.3 Å². The van der Waals surface area contributed by atoms with Crippen LogP contribution in [0.15, 0.2) is 30.7 Å². The van der Waals surface area contributed by atoms with Crippen LogP contribution < -0.4 is 5.46 Å². The predicted molar refractivity (Wildman–Crippen MR) is 86.5 cm³/mol. The van der Waals surface area contributed by atoms with Gasteiger partial charge in [0.2, 0.25) is 0 Å². The number of aryl methyl sites for hydroxylation is 1. The Morgan fingerprint density at radius 1 is 1.18 bits per heavy atom. The number of aromatic nitrogens is 3. The maximum absolute atomic E-state index is 6.14. The van der Waals surface area contributed by atoms with Gasteiger partial charge >= 0.3 is 7.12 Å². The Balaban J connectivity index is 1.95. The van der Waals surface area contributed by atoms with Crippen LogP contribution in [0.3, 0.4) is 0 Å². The lowest BCUT2D eigenvalue weighted by Gasteiger charge is -2.32. The molecule has 2 aromatic rings. The molecule has 1 aliphatic heterocycles. The molecule has 0 aliphatic carbocycles. The molecule has 1 fully saturated rings. The van der Waals surface area contributed by atoms with Crippen molar-refractivity contribution in [3.8, 4) is 5.82 Å². The van der Waals surface area contributed by atoms with E-state index in [0.29, 0.717) is 0 Å². The minimum atomic E-state index is -0.376. The van der Waals surface area contributed by atoms with E-state index in [1.54, 1.807) is 10.9 Å². The van der Waals surface area contributed by atoms with Gasteiger partial charge in [0.25, 0.3) is 0 Å². The van der Waals surface area contributed by atoms with Gasteiger partial charge in [-0.05, 0) is 51.8 Å². The van der Waals surface area contributed by atoms with Crippen molar-refractivity contribution in [2.24, 2.45) is 0 Å². The minimum absolute atomic E-state index is 0.344. The Hall–Kier alpha value is -1.66. The van der Waals surface area contributed by atoms with Crippen molar-refractivity contribution in [3.05, 3.63) is 36.3 Å². The van der Waals surface area contributed by atoms with Crippen LogP contribution in [-0.2, 0) is 15.7 Å². The van der Waals surface area contributed by atoms with Crippen molar-refractivity contribution in [2.75, 3.05) is 0 Å². The van der Waals surface area contributed by atoms with Crippen LogP contribution in [0.5, 0.6) is 0 Å². The molecule has 0 saturated carbocycles. The Bertz CT molecular complexity index is 652. The Morgan fingerprint density at radius 2 is 1.86 bits per heavy atom. The topological polar surface area (TPSA) is 49.2 Å². The minimum Gasteiger partial charge on any atom is -0.399 e. The van der Waals surface area contributed by atoms with E-state index in [2.05, 4.69) is 44.7 Å². The van der Waals surface area contributed by atoms with Crippen molar-refractivity contribution in [1.82, 2.24) is 14.8 Å². The quantitative estimate of drug-likeness (QED) is 0.815. The molecule has 0 atom stereocenters. The van der Waals surface area contributed by atoms with Crippen LogP contribution in [0.1, 0.15) is 40.2 Å². The third-order valence-corrected chi connectivity index (χ3v) is 4.64. The third-order valence-electron chi connectivity index (χ3n) is 4.64. The molecular formula is C16H22BN3O2. The van der Waals surface area contributed by atoms with Crippen molar-refractivity contribution in [1.29, 1.82) is 0 Å². The molecule has 6 heteroatoms. The Labute approximate surface area is 131 Å². The molecule has 5 nitrogen and oxygen atoms in total. The predicted octanol–water partition coefficient (Wildman–Crippen LogP) is 2.13. The van der Waals surface area contributed by atoms with Gasteiger partial charge in [-0.15, -0.1) is 0 Å². The molecule has 0 radical (unpaired) electrons. The molecule has 1 saturated heterocycles. The maximum Gasteiger partial charge on any atom is 0.496 e. The van der Waals surface area contributed by atoms with Gasteiger partial charge in [0.05, 0.1) is 11.2 Å². The van der Waals surface area contributed by atoms with Crippen molar-refractivity contribution < 1.29 is 9.31 Å². The fourth-order valence-corrected chi connectivity index (χ4v) is 2.51. The first kappa shape index (κ1) is 15.2. The lowest BCUT2D eigenvalue weighted by atomic mass is 9.76. The third kappa shape index (κ3) is 2.46. The van der Waals surface area contributed by atoms with Gasteiger partial charge in [0.15, 0.2) is 5.82 Å². The first-order valence-corrected chi connectivity index (χ1v) is 7.68. The van der Waals surface area contributed by atoms with Crippen molar-refractivity contribution >= 4 is 12.6 Å². The summed E-state index contributed by atoms with van der Waals surface area (Å²) in [6.45, 7) is 10.4. The fraction of sp³-hybridized carbons (Fsp3) is 0.500. The average Bonchev–Trinajstić information content (AvgIpc) is 3.05. The molecule has 1 aliphatic rings. The largest absolute Gasteiger partial charge is 0.496 e. The van der Waals surface area contributed by atoms with Gasteiger partial charge in [-0.3, -0.25) is 0 Å². The molecular weight excluding hydrogens is 277 g/mol. The van der Waals surface area contributed by atoms with E-state index < -0.39 is 0 Å². The zero-order chi connectivity index (χ0) is 16.0. The molecule has 0 amide bonds. The summed E-state index contributed by atoms with van der Waals surface area (Å²) in [7, 11) is -0.376. The summed E-state index contributed by atoms with van der Waals surface area (Å²) in [6, 6.07) is 3.93. The van der Waals surface area contributed by atoms with Crippen LogP contribution in [0.2, 0.25) is 0 Å². The van der Waals surface area contributed by atoms with E-state index in [0.717, 1.165) is 17.7 Å². The second-order valence-corrected chi connectivity index (χ2v) is 6.63. The highest BCUT2D eigenvalue weighted by molar-refractivity contribution is 6.62. The lowest BCUT2D eigenvalue weighted by molar-refractivity contribution is 0.00578. The molecule has 0 unspecified atom stereocenters. The molecule has 2 aromatic heterocycles. The number of pyridine rings is 1. The lowest BCUT2D eigenvalue weighted by Crippen LogP contribution is -2.41. The zero-order valence-electron chi connectivity index (χ0n) is 13.8. The molecule has 0 aromatic carbocycles. The summed E-state index contributed by atoms with van der Waals surface area (Å²) in [4.78, 5) is 4.51. The second kappa shape index (κ2) is 5.21. The number of hydrogen-bond donors (Lipinski definition) is 0. The normalized spacial score (nSPS) is 19.6. The van der Waals surface area contributed by atoms with Gasteiger partial charge < -0.3 is 9.31 Å². The van der Waals surface area contributed by atoms with Crippen molar-refractivity contribution in [2.45, 2.75) is 52.2 Å². The van der Waals surface area contributed by atoms with Gasteiger partial charge in [0.1, 0.15) is 0 Å².